The molecule has 6 heteroatoms. The molecule has 2 aliphatic heterocycles. The Labute approximate surface area is 148 Å². The first-order valence-corrected chi connectivity index (χ1v) is 9.03. The van der Waals surface area contributed by atoms with Crippen LogP contribution in [0.15, 0.2) is 24.3 Å². The van der Waals surface area contributed by atoms with Crippen molar-refractivity contribution < 1.29 is 19.4 Å². The van der Waals surface area contributed by atoms with Crippen LogP contribution in [0.25, 0.3) is 0 Å². The van der Waals surface area contributed by atoms with E-state index in [-0.39, 0.29) is 12.6 Å². The van der Waals surface area contributed by atoms with Crippen molar-refractivity contribution in [3.8, 4) is 0 Å². The summed E-state index contributed by atoms with van der Waals surface area (Å²) in [7, 11) is 0. The fourth-order valence-corrected chi connectivity index (χ4v) is 3.87. The zero-order chi connectivity index (χ0) is 17.9. The van der Waals surface area contributed by atoms with Gasteiger partial charge in [0.15, 0.2) is 0 Å². The molecule has 0 aliphatic carbocycles. The molecular weight excluding hydrogens is 320 g/mol. The maximum Gasteiger partial charge on any atom is 0.317 e. The van der Waals surface area contributed by atoms with Crippen molar-refractivity contribution in [2.24, 2.45) is 5.92 Å². The van der Waals surface area contributed by atoms with E-state index in [2.05, 4.69) is 24.4 Å². The summed E-state index contributed by atoms with van der Waals surface area (Å²) in [6, 6.07) is 8.02. The second kappa shape index (κ2) is 7.44. The number of urea groups is 1. The Balaban J connectivity index is 1.68. The van der Waals surface area contributed by atoms with Crippen molar-refractivity contribution in [2.45, 2.75) is 38.2 Å². The number of carbonyl (C=O) groups excluding carboxylic acids is 1. The number of likely N-dealkylation sites (tertiary alicyclic amines) is 1. The number of benzene rings is 1. The molecule has 1 fully saturated rings. The predicted octanol–water partition coefficient (Wildman–Crippen LogP) is 2.37. The van der Waals surface area contributed by atoms with Crippen molar-refractivity contribution in [3.05, 3.63) is 35.4 Å². The molecule has 1 aromatic carbocycles. The number of nitrogens with zero attached hydrogens (tertiary/aromatic N) is 1. The third kappa shape index (κ3) is 3.63. The molecule has 0 saturated carbocycles. The molecule has 0 aromatic heterocycles. The van der Waals surface area contributed by atoms with E-state index >= 15 is 0 Å². The van der Waals surface area contributed by atoms with Gasteiger partial charge in [0.1, 0.15) is 5.60 Å². The Morgan fingerprint density at radius 3 is 2.96 bits per heavy atom. The van der Waals surface area contributed by atoms with Crippen LogP contribution >= 0.6 is 0 Å². The smallest absolute Gasteiger partial charge is 0.317 e. The van der Waals surface area contributed by atoms with E-state index in [1.807, 2.05) is 12.1 Å². The molecule has 2 heterocycles. The van der Waals surface area contributed by atoms with E-state index in [1.165, 1.54) is 5.56 Å². The summed E-state index contributed by atoms with van der Waals surface area (Å²) in [5.74, 6) is -1.29. The zero-order valence-electron chi connectivity index (χ0n) is 14.7. The van der Waals surface area contributed by atoms with Gasteiger partial charge in [0.25, 0.3) is 0 Å². The van der Waals surface area contributed by atoms with Gasteiger partial charge in [-0.25, -0.2) is 4.79 Å². The second-order valence-corrected chi connectivity index (χ2v) is 6.89. The van der Waals surface area contributed by atoms with Crippen LogP contribution in [0.1, 0.15) is 37.3 Å². The summed E-state index contributed by atoms with van der Waals surface area (Å²) in [6.07, 6.45) is 3.01. The number of nitrogens with one attached hydrogen (secondary N) is 1. The number of piperidine rings is 1. The first kappa shape index (κ1) is 17.7. The lowest BCUT2D eigenvalue weighted by Crippen LogP contribution is -2.51. The lowest BCUT2D eigenvalue weighted by Gasteiger charge is -2.39. The summed E-state index contributed by atoms with van der Waals surface area (Å²) in [6.45, 7) is 3.98. The summed E-state index contributed by atoms with van der Waals surface area (Å²) in [5, 5.41) is 12.2. The van der Waals surface area contributed by atoms with E-state index in [4.69, 9.17) is 4.74 Å². The molecule has 2 amide bonds. The molecule has 0 radical (unpaired) electrons. The fraction of sp³-hybridized carbons (Fsp3) is 0.579. The summed E-state index contributed by atoms with van der Waals surface area (Å²) < 4.78 is 6.11. The molecule has 1 saturated heterocycles. The Bertz CT molecular complexity index is 648. The molecule has 2 N–H and O–H groups in total. The van der Waals surface area contributed by atoms with Crippen molar-refractivity contribution in [1.29, 1.82) is 0 Å². The molecule has 2 atom stereocenters. The number of carbonyl (C=O) groups is 2. The van der Waals surface area contributed by atoms with Crippen molar-refractivity contribution >= 4 is 12.0 Å². The number of hydrogen-bond donors (Lipinski definition) is 2. The van der Waals surface area contributed by atoms with Gasteiger partial charge in [-0.3, -0.25) is 4.79 Å². The van der Waals surface area contributed by atoms with Crippen molar-refractivity contribution in [3.63, 3.8) is 0 Å². The van der Waals surface area contributed by atoms with Gasteiger partial charge in [-0.15, -0.1) is 0 Å². The SMILES string of the molecule is CCC1(CNC(=O)N2CCCC(C(=O)O)C2)OCCc2ccccc21. The lowest BCUT2D eigenvalue weighted by atomic mass is 9.84. The summed E-state index contributed by atoms with van der Waals surface area (Å²) >= 11 is 0. The highest BCUT2D eigenvalue weighted by molar-refractivity contribution is 5.76. The van der Waals surface area contributed by atoms with Gasteiger partial charge < -0.3 is 20.1 Å². The van der Waals surface area contributed by atoms with Crippen LogP contribution in [0, 0.1) is 5.92 Å². The molecule has 0 bridgehead atoms. The Hall–Kier alpha value is -2.08. The largest absolute Gasteiger partial charge is 0.481 e. The Kier molecular flexibility index (Phi) is 5.27. The molecular formula is C19H26N2O4. The quantitative estimate of drug-likeness (QED) is 0.877. The highest BCUT2D eigenvalue weighted by Crippen LogP contribution is 2.35. The first-order chi connectivity index (χ1) is 12.1. The minimum Gasteiger partial charge on any atom is -0.481 e. The van der Waals surface area contributed by atoms with Gasteiger partial charge in [-0.2, -0.15) is 0 Å². The second-order valence-electron chi connectivity index (χ2n) is 6.89. The van der Waals surface area contributed by atoms with Gasteiger partial charge in [0, 0.05) is 13.1 Å². The maximum atomic E-state index is 12.5. The number of amides is 2. The van der Waals surface area contributed by atoms with Crippen molar-refractivity contribution in [2.75, 3.05) is 26.2 Å². The molecule has 2 unspecified atom stereocenters. The summed E-state index contributed by atoms with van der Waals surface area (Å²) in [5.41, 5.74) is 1.91. The third-order valence-electron chi connectivity index (χ3n) is 5.41. The van der Waals surface area contributed by atoms with Gasteiger partial charge in [0.05, 0.1) is 19.1 Å². The topological polar surface area (TPSA) is 78.9 Å². The van der Waals surface area contributed by atoms with E-state index in [0.29, 0.717) is 26.1 Å². The Morgan fingerprint density at radius 2 is 2.20 bits per heavy atom. The van der Waals surface area contributed by atoms with Gasteiger partial charge in [-0.1, -0.05) is 31.2 Å². The molecule has 136 valence electrons. The highest BCUT2D eigenvalue weighted by Gasteiger charge is 2.37. The maximum absolute atomic E-state index is 12.5. The first-order valence-electron chi connectivity index (χ1n) is 9.03. The molecule has 0 spiro atoms. The van der Waals surface area contributed by atoms with E-state index < -0.39 is 17.5 Å². The van der Waals surface area contributed by atoms with Crippen LogP contribution in [0.4, 0.5) is 4.79 Å². The lowest BCUT2D eigenvalue weighted by molar-refractivity contribution is -0.143. The average Bonchev–Trinajstić information content (AvgIpc) is 2.66. The average molecular weight is 346 g/mol. The van der Waals surface area contributed by atoms with Gasteiger partial charge in [-0.05, 0) is 36.8 Å². The minimum atomic E-state index is -0.827. The van der Waals surface area contributed by atoms with Crippen LogP contribution < -0.4 is 5.32 Å². The summed E-state index contributed by atoms with van der Waals surface area (Å²) in [4.78, 5) is 25.3. The number of aliphatic carboxylic acids is 1. The van der Waals surface area contributed by atoms with Crippen LogP contribution in [0.5, 0.6) is 0 Å². The van der Waals surface area contributed by atoms with E-state index in [0.717, 1.165) is 24.8 Å². The number of rotatable bonds is 4. The predicted molar refractivity (Wildman–Crippen MR) is 93.4 cm³/mol. The van der Waals surface area contributed by atoms with E-state index in [1.54, 1.807) is 4.90 Å². The molecule has 2 aliphatic rings. The Morgan fingerprint density at radius 1 is 1.40 bits per heavy atom. The van der Waals surface area contributed by atoms with Crippen LogP contribution in [0.2, 0.25) is 0 Å². The van der Waals surface area contributed by atoms with Crippen molar-refractivity contribution in [1.82, 2.24) is 10.2 Å². The molecule has 1 aromatic rings. The molecule has 6 nitrogen and oxygen atoms in total. The number of carboxylic acid groups (broad SMARTS) is 1. The molecule has 3 rings (SSSR count). The number of hydrogen-bond acceptors (Lipinski definition) is 3. The van der Waals surface area contributed by atoms with Crippen LogP contribution in [-0.4, -0.2) is 48.2 Å². The number of carboxylic acids is 1. The normalized spacial score (nSPS) is 26.0. The highest BCUT2D eigenvalue weighted by atomic mass is 16.5. The zero-order valence-corrected chi connectivity index (χ0v) is 14.7. The minimum absolute atomic E-state index is 0.203. The van der Waals surface area contributed by atoms with Gasteiger partial charge in [0.2, 0.25) is 0 Å². The molecule has 25 heavy (non-hydrogen) atoms. The van der Waals surface area contributed by atoms with Crippen LogP contribution in [-0.2, 0) is 21.6 Å². The fourth-order valence-electron chi connectivity index (χ4n) is 3.87. The van der Waals surface area contributed by atoms with Crippen LogP contribution in [0.3, 0.4) is 0 Å². The van der Waals surface area contributed by atoms with E-state index in [9.17, 15) is 14.7 Å². The van der Waals surface area contributed by atoms with Gasteiger partial charge >= 0.3 is 12.0 Å². The monoisotopic (exact) mass is 346 g/mol. The standard InChI is InChI=1S/C19H26N2O4/c1-2-19(16-8-4-3-6-14(16)9-11-25-19)13-20-18(24)21-10-5-7-15(12-21)17(22)23/h3-4,6,8,15H,2,5,7,9-13H2,1H3,(H,20,24)(H,22,23). The number of fused-ring (bicyclic) bond motifs is 1. The number of ether oxygens (including phenoxy) is 1. The third-order valence-corrected chi connectivity index (χ3v) is 5.41.